The molecule has 2 unspecified atom stereocenters. The lowest BCUT2D eigenvalue weighted by Gasteiger charge is -2.20. The summed E-state index contributed by atoms with van der Waals surface area (Å²) in [6.07, 6.45) is -4.39. The summed E-state index contributed by atoms with van der Waals surface area (Å²) in [5.74, 6) is -5.41. The number of aliphatic hydroxyl groups is 2. The van der Waals surface area contributed by atoms with Crippen molar-refractivity contribution in [2.45, 2.75) is 23.1 Å². The van der Waals surface area contributed by atoms with Gasteiger partial charge in [0, 0.05) is 13.1 Å². The summed E-state index contributed by atoms with van der Waals surface area (Å²) in [5.41, 5.74) is -2.69. The molecule has 2 aromatic rings. The molecular formula is C19H16F6N2O4S. The van der Waals surface area contributed by atoms with E-state index in [9.17, 15) is 35.7 Å². The van der Waals surface area contributed by atoms with E-state index >= 15 is 0 Å². The number of aromatic hydroxyl groups is 1. The maximum absolute atomic E-state index is 12.6. The lowest BCUT2D eigenvalue weighted by Crippen LogP contribution is -2.37. The summed E-state index contributed by atoms with van der Waals surface area (Å²) in [6.45, 7) is -0.379. The zero-order valence-electron chi connectivity index (χ0n) is 16.0. The Bertz CT molecular complexity index is 1030. The smallest absolute Gasteiger partial charge is 0.416 e. The molecule has 3 N–H and O–H groups in total. The number of alkyl halides is 3. The largest absolute Gasteiger partial charge is 0.505 e. The first-order chi connectivity index (χ1) is 14.8. The molecule has 2 atom stereocenters. The van der Waals surface area contributed by atoms with Gasteiger partial charge >= 0.3 is 6.18 Å². The van der Waals surface area contributed by atoms with Crippen molar-refractivity contribution in [1.29, 1.82) is 5.26 Å². The van der Waals surface area contributed by atoms with Gasteiger partial charge in [-0.15, -0.1) is 0 Å². The Labute approximate surface area is 180 Å². The molecule has 174 valence electrons. The van der Waals surface area contributed by atoms with Crippen LogP contribution in [0, 0.1) is 28.8 Å². The zero-order chi connectivity index (χ0) is 24.3. The fraction of sp³-hybridized carbons (Fsp3) is 0.316. The minimum atomic E-state index is -4.59. The van der Waals surface area contributed by atoms with Gasteiger partial charge in [0.2, 0.25) is 5.82 Å². The summed E-state index contributed by atoms with van der Waals surface area (Å²) in [7, 11) is -1.88. The van der Waals surface area contributed by atoms with Gasteiger partial charge in [-0.2, -0.15) is 22.8 Å². The maximum Gasteiger partial charge on any atom is 0.416 e. The minimum absolute atomic E-state index is 0.0438. The van der Waals surface area contributed by atoms with Crippen molar-refractivity contribution >= 4 is 11.0 Å². The number of nitriles is 1. The second-order valence-corrected chi connectivity index (χ2v) is 8.21. The average Bonchev–Trinajstić information content (AvgIpc) is 3.16. The van der Waals surface area contributed by atoms with E-state index in [-0.39, 0.29) is 30.0 Å². The van der Waals surface area contributed by atoms with Crippen LogP contribution in [0.5, 0.6) is 5.75 Å². The number of phenols is 1. The fourth-order valence-corrected chi connectivity index (χ4v) is 4.06. The second kappa shape index (κ2) is 9.86. The molecule has 0 saturated carbocycles. The molecule has 13 heteroatoms. The van der Waals surface area contributed by atoms with E-state index in [0.29, 0.717) is 12.1 Å². The van der Waals surface area contributed by atoms with Gasteiger partial charge in [0.05, 0.1) is 22.6 Å². The third-order valence-corrected chi connectivity index (χ3v) is 5.97. The highest BCUT2D eigenvalue weighted by atomic mass is 32.2. The summed E-state index contributed by atoms with van der Waals surface area (Å²) in [4.78, 5) is -0.0438. The summed E-state index contributed by atoms with van der Waals surface area (Å²) in [6, 6.07) is 5.43. The Morgan fingerprint density at radius 1 is 1.16 bits per heavy atom. The average molecular weight is 482 g/mol. The number of halogens is 6. The topological polar surface area (TPSA) is 105 Å². The van der Waals surface area contributed by atoms with Gasteiger partial charge in [0.1, 0.15) is 22.7 Å². The molecule has 0 amide bonds. The first-order valence-corrected chi connectivity index (χ1v) is 9.87. The van der Waals surface area contributed by atoms with Gasteiger partial charge < -0.3 is 15.3 Å². The van der Waals surface area contributed by atoms with Gasteiger partial charge in [-0.3, -0.25) is 0 Å². The van der Waals surface area contributed by atoms with Crippen LogP contribution < -0.4 is 0 Å². The highest BCUT2D eigenvalue weighted by Crippen LogP contribution is 2.32. The summed E-state index contributed by atoms with van der Waals surface area (Å²) in [5, 5.41) is 36.4. The number of rotatable bonds is 3. The van der Waals surface area contributed by atoms with Crippen molar-refractivity contribution in [2.24, 2.45) is 0 Å². The van der Waals surface area contributed by atoms with E-state index in [4.69, 9.17) is 15.5 Å². The normalized spacial score (nSPS) is 19.7. The van der Waals surface area contributed by atoms with Crippen LogP contribution in [0.2, 0.25) is 0 Å². The number of hydrogen-bond donors (Lipinski definition) is 3. The lowest BCUT2D eigenvalue weighted by molar-refractivity contribution is -0.137. The van der Waals surface area contributed by atoms with Gasteiger partial charge in [0.15, 0.2) is 17.4 Å². The Morgan fingerprint density at radius 3 is 2.31 bits per heavy atom. The van der Waals surface area contributed by atoms with Crippen LogP contribution in [0.3, 0.4) is 0 Å². The monoisotopic (exact) mass is 482 g/mol. The predicted octanol–water partition coefficient (Wildman–Crippen LogP) is 2.84. The van der Waals surface area contributed by atoms with Crippen LogP contribution in [0.25, 0.3) is 0 Å². The van der Waals surface area contributed by atoms with Crippen LogP contribution in [0.4, 0.5) is 26.3 Å². The Balaban J connectivity index is 0.000000303. The van der Waals surface area contributed by atoms with Crippen LogP contribution in [-0.2, 0) is 17.2 Å². The molecule has 0 aliphatic carbocycles. The highest BCUT2D eigenvalue weighted by molar-refractivity contribution is 7.82. The molecule has 0 bridgehead atoms. The van der Waals surface area contributed by atoms with Gasteiger partial charge in [-0.05, 0) is 36.8 Å². The molecule has 0 aromatic heterocycles. The SMILES string of the molecule is N#Cc1cc(C(F)(F)F)ccc1S(=O)N1CCC(O)(CO)C1.Oc1ccc(F)c(F)c1F. The maximum atomic E-state index is 12.6. The number of benzene rings is 2. The van der Waals surface area contributed by atoms with Gasteiger partial charge in [-0.25, -0.2) is 17.3 Å². The predicted molar refractivity (Wildman–Crippen MR) is 98.8 cm³/mol. The Kier molecular flexibility index (Phi) is 7.89. The van der Waals surface area contributed by atoms with E-state index in [1.165, 1.54) is 4.31 Å². The van der Waals surface area contributed by atoms with E-state index in [1.54, 1.807) is 6.07 Å². The van der Waals surface area contributed by atoms with Gasteiger partial charge in [0.25, 0.3) is 0 Å². The molecule has 2 aromatic carbocycles. The quantitative estimate of drug-likeness (QED) is 0.461. The third-order valence-electron chi connectivity index (χ3n) is 4.46. The van der Waals surface area contributed by atoms with Crippen LogP contribution in [0.15, 0.2) is 35.2 Å². The molecular weight excluding hydrogens is 466 g/mol. The molecule has 1 fully saturated rings. The number of β-amino-alcohol motifs (C(OH)–C–C–N with tert-alkyl or cyclic N) is 1. The first kappa shape index (κ1) is 25.6. The molecule has 3 rings (SSSR count). The number of hydrogen-bond acceptors (Lipinski definition) is 5. The van der Waals surface area contributed by atoms with E-state index in [2.05, 4.69) is 0 Å². The van der Waals surface area contributed by atoms with Crippen molar-refractivity contribution in [3.8, 4) is 11.8 Å². The standard InChI is InChI=1S/C13H13F3N2O3S.C6H3F3O/c14-13(15,16)10-1-2-11(9(5-10)6-17)22(21)18-4-3-12(20,7-18)8-19;7-3-1-2-4(10)6(9)5(3)8/h1-2,5,19-20H,3-4,7-8H2;1-2,10H. The van der Waals surface area contributed by atoms with Crippen molar-refractivity contribution in [3.63, 3.8) is 0 Å². The molecule has 32 heavy (non-hydrogen) atoms. The molecule has 0 radical (unpaired) electrons. The molecule has 1 aliphatic heterocycles. The zero-order valence-corrected chi connectivity index (χ0v) is 16.9. The molecule has 1 heterocycles. The highest BCUT2D eigenvalue weighted by Gasteiger charge is 2.39. The van der Waals surface area contributed by atoms with Crippen molar-refractivity contribution in [2.75, 3.05) is 19.7 Å². The van der Waals surface area contributed by atoms with Gasteiger partial charge in [-0.1, -0.05) is 0 Å². The van der Waals surface area contributed by atoms with Crippen LogP contribution >= 0.6 is 0 Å². The van der Waals surface area contributed by atoms with Crippen molar-refractivity contribution < 1.29 is 45.9 Å². The van der Waals surface area contributed by atoms with Crippen LogP contribution in [-0.4, -0.2) is 49.1 Å². The Morgan fingerprint density at radius 2 is 1.81 bits per heavy atom. The minimum Gasteiger partial charge on any atom is -0.505 e. The van der Waals surface area contributed by atoms with Crippen molar-refractivity contribution in [1.82, 2.24) is 4.31 Å². The number of nitrogens with zero attached hydrogens (tertiary/aromatic N) is 2. The van der Waals surface area contributed by atoms with Crippen molar-refractivity contribution in [3.05, 3.63) is 58.9 Å². The fourth-order valence-electron chi connectivity index (χ4n) is 2.69. The van der Waals surface area contributed by atoms with E-state index in [1.807, 2.05) is 0 Å². The summed E-state index contributed by atoms with van der Waals surface area (Å²) < 4.78 is 87.9. The molecule has 1 saturated heterocycles. The van der Waals surface area contributed by atoms with Crippen LogP contribution in [0.1, 0.15) is 17.5 Å². The molecule has 1 aliphatic rings. The first-order valence-electron chi connectivity index (χ1n) is 8.77. The van der Waals surface area contributed by atoms with E-state index in [0.717, 1.165) is 18.2 Å². The number of phenolic OH excluding ortho intramolecular Hbond substituents is 1. The lowest BCUT2D eigenvalue weighted by atomic mass is 10.1. The molecule has 0 spiro atoms. The third kappa shape index (κ3) is 5.77. The van der Waals surface area contributed by atoms with E-state index < -0.39 is 58.1 Å². The molecule has 6 nitrogen and oxygen atoms in total. The Hall–Kier alpha value is -2.66. The number of aliphatic hydroxyl groups excluding tert-OH is 1. The summed E-state index contributed by atoms with van der Waals surface area (Å²) >= 11 is 0. The second-order valence-electron chi connectivity index (χ2n) is 6.76.